The molecule has 0 fully saturated rings. The summed E-state index contributed by atoms with van der Waals surface area (Å²) in [6.45, 7) is 0.584. The maximum Gasteiger partial charge on any atom is 0.383 e. The Morgan fingerprint density at radius 3 is 2.45 bits per heavy atom. The largest absolute Gasteiger partial charge is 0.454 e. The topological polar surface area (TPSA) is 119 Å². The maximum absolute atomic E-state index is 11.0. The Bertz CT molecular complexity index is 628. The molecule has 0 aliphatic heterocycles. The maximum atomic E-state index is 11.0. The average molecular weight is 328 g/mol. The molecular formula is C12H10ClN3O6. The van der Waals surface area contributed by atoms with Gasteiger partial charge in [-0.1, -0.05) is 0 Å². The minimum Gasteiger partial charge on any atom is -0.454 e. The van der Waals surface area contributed by atoms with E-state index in [0.29, 0.717) is 5.69 Å². The number of hydrogen-bond donors (Lipinski definition) is 0. The number of benzene rings is 1. The first-order valence-corrected chi connectivity index (χ1v) is 6.11. The Morgan fingerprint density at radius 1 is 1.36 bits per heavy atom. The summed E-state index contributed by atoms with van der Waals surface area (Å²) in [4.78, 5) is 42.5. The van der Waals surface area contributed by atoms with Crippen LogP contribution in [0.5, 0.6) is 0 Å². The van der Waals surface area contributed by atoms with E-state index in [1.54, 1.807) is 0 Å². The first-order chi connectivity index (χ1) is 10.3. The van der Waals surface area contributed by atoms with Crippen molar-refractivity contribution in [1.82, 2.24) is 0 Å². The van der Waals surface area contributed by atoms with E-state index in [2.05, 4.69) is 9.84 Å². The summed E-state index contributed by atoms with van der Waals surface area (Å²) in [5.74, 6) is -3.46. The van der Waals surface area contributed by atoms with Gasteiger partial charge in [0.25, 0.3) is 5.69 Å². The number of hydrazone groups is 1. The number of nitro benzene ring substituents is 1. The fourth-order valence-electron chi connectivity index (χ4n) is 1.19. The van der Waals surface area contributed by atoms with Crippen molar-refractivity contribution in [2.45, 2.75) is 6.92 Å². The summed E-state index contributed by atoms with van der Waals surface area (Å²) < 4.78 is 5.33. The number of carbonyl (C=O) groups is 3. The molecule has 0 aromatic heterocycles. The molecule has 22 heavy (non-hydrogen) atoms. The smallest absolute Gasteiger partial charge is 0.383 e. The number of ketones is 2. The van der Waals surface area contributed by atoms with Gasteiger partial charge in [0.15, 0.2) is 0 Å². The zero-order valence-electron chi connectivity index (χ0n) is 11.3. The molecule has 0 unspecified atom stereocenters. The SMILES string of the molecule is CC(=O)C(=O)C(=O)OC/C=N\N(Cl)c1ccc([N+](=O)[O-])cc1. The summed E-state index contributed by atoms with van der Waals surface area (Å²) in [5, 5.41) is 14.2. The van der Waals surface area contributed by atoms with Crippen LogP contribution >= 0.6 is 11.8 Å². The highest BCUT2D eigenvalue weighted by atomic mass is 35.5. The normalized spacial score (nSPS) is 10.3. The molecule has 0 aliphatic carbocycles. The first-order valence-electron chi connectivity index (χ1n) is 5.77. The molecule has 0 amide bonds. The first kappa shape index (κ1) is 17.2. The van der Waals surface area contributed by atoms with E-state index in [1.807, 2.05) is 0 Å². The molecule has 0 spiro atoms. The molecule has 1 aromatic carbocycles. The molecule has 0 radical (unpaired) electrons. The molecule has 0 bridgehead atoms. The molecule has 10 heteroatoms. The predicted molar refractivity (Wildman–Crippen MR) is 76.6 cm³/mol. The van der Waals surface area contributed by atoms with Gasteiger partial charge in [-0.3, -0.25) is 19.7 Å². The molecule has 1 rings (SSSR count). The van der Waals surface area contributed by atoms with Gasteiger partial charge in [-0.15, -0.1) is 0 Å². The van der Waals surface area contributed by atoms with Gasteiger partial charge >= 0.3 is 11.8 Å². The van der Waals surface area contributed by atoms with Crippen molar-refractivity contribution in [2.75, 3.05) is 11.1 Å². The Kier molecular flexibility index (Phi) is 6.14. The molecule has 0 N–H and O–H groups in total. The van der Waals surface area contributed by atoms with Crippen molar-refractivity contribution in [3.05, 3.63) is 34.4 Å². The van der Waals surface area contributed by atoms with Crippen LogP contribution in [0.3, 0.4) is 0 Å². The van der Waals surface area contributed by atoms with Crippen molar-refractivity contribution in [2.24, 2.45) is 5.10 Å². The third kappa shape index (κ3) is 4.94. The highest BCUT2D eigenvalue weighted by Gasteiger charge is 2.19. The number of carbonyl (C=O) groups excluding carboxylic acids is 3. The van der Waals surface area contributed by atoms with Crippen LogP contribution in [0.15, 0.2) is 29.4 Å². The highest BCUT2D eigenvalue weighted by molar-refractivity contribution is 6.61. The number of non-ortho nitro benzene ring substituents is 1. The second-order valence-corrected chi connectivity index (χ2v) is 4.14. The number of rotatable bonds is 7. The molecular weight excluding hydrogens is 318 g/mol. The van der Waals surface area contributed by atoms with E-state index in [0.717, 1.165) is 17.7 Å². The lowest BCUT2D eigenvalue weighted by molar-refractivity contribution is -0.384. The monoisotopic (exact) mass is 327 g/mol. The molecule has 0 heterocycles. The Balaban J connectivity index is 2.52. The van der Waals surface area contributed by atoms with Crippen LogP contribution in [0.4, 0.5) is 11.4 Å². The number of halogens is 1. The lowest BCUT2D eigenvalue weighted by Gasteiger charge is -2.08. The molecule has 0 atom stereocenters. The third-order valence-corrected chi connectivity index (χ3v) is 2.53. The summed E-state index contributed by atoms with van der Waals surface area (Å²) in [7, 11) is 0. The van der Waals surface area contributed by atoms with E-state index >= 15 is 0 Å². The lowest BCUT2D eigenvalue weighted by Crippen LogP contribution is -2.24. The van der Waals surface area contributed by atoms with E-state index in [9.17, 15) is 24.5 Å². The van der Waals surface area contributed by atoms with E-state index in [1.165, 1.54) is 24.3 Å². The van der Waals surface area contributed by atoms with Crippen molar-refractivity contribution >= 4 is 46.9 Å². The highest BCUT2D eigenvalue weighted by Crippen LogP contribution is 2.20. The molecule has 0 saturated carbocycles. The Morgan fingerprint density at radius 2 is 1.95 bits per heavy atom. The summed E-state index contributed by atoms with van der Waals surface area (Å²) in [6.07, 6.45) is 1.08. The molecule has 9 nitrogen and oxygen atoms in total. The second kappa shape index (κ2) is 7.84. The van der Waals surface area contributed by atoms with Crippen molar-refractivity contribution < 1.29 is 24.0 Å². The van der Waals surface area contributed by atoms with Gasteiger partial charge in [-0.2, -0.15) is 9.63 Å². The number of ether oxygens (including phenoxy) is 1. The zero-order valence-corrected chi connectivity index (χ0v) is 12.0. The minimum absolute atomic E-state index is 0.102. The van der Waals surface area contributed by atoms with Crippen LogP contribution in [0, 0.1) is 10.1 Å². The molecule has 116 valence electrons. The van der Waals surface area contributed by atoms with E-state index < -0.39 is 22.5 Å². The Hall–Kier alpha value is -2.81. The summed E-state index contributed by atoms with van der Waals surface area (Å²) >= 11 is 5.77. The number of nitro groups is 1. The molecule has 0 aliphatic rings. The van der Waals surface area contributed by atoms with Gasteiger partial charge in [0.2, 0.25) is 5.78 Å². The number of anilines is 1. The van der Waals surface area contributed by atoms with Crippen molar-refractivity contribution in [1.29, 1.82) is 0 Å². The van der Waals surface area contributed by atoms with Gasteiger partial charge in [0.1, 0.15) is 6.61 Å². The van der Waals surface area contributed by atoms with Crippen LogP contribution < -0.4 is 4.53 Å². The summed E-state index contributed by atoms with van der Waals surface area (Å²) in [5.41, 5.74) is 0.240. The summed E-state index contributed by atoms with van der Waals surface area (Å²) in [6, 6.07) is 5.22. The number of nitrogens with zero attached hydrogens (tertiary/aromatic N) is 3. The lowest BCUT2D eigenvalue weighted by atomic mass is 10.3. The zero-order chi connectivity index (χ0) is 16.7. The van der Waals surface area contributed by atoms with Crippen LogP contribution in [-0.4, -0.2) is 35.3 Å². The number of hydrogen-bond acceptors (Lipinski definition) is 8. The van der Waals surface area contributed by atoms with Crippen molar-refractivity contribution in [3.8, 4) is 0 Å². The van der Waals surface area contributed by atoms with E-state index in [-0.39, 0.29) is 12.3 Å². The second-order valence-electron chi connectivity index (χ2n) is 3.82. The predicted octanol–water partition coefficient (Wildman–Crippen LogP) is 1.24. The van der Waals surface area contributed by atoms with Gasteiger partial charge in [-0.25, -0.2) is 4.79 Å². The van der Waals surface area contributed by atoms with Crippen LogP contribution in [0.25, 0.3) is 0 Å². The van der Waals surface area contributed by atoms with Crippen molar-refractivity contribution in [3.63, 3.8) is 0 Å². The Labute approximate surface area is 129 Å². The fraction of sp³-hybridized carbons (Fsp3) is 0.167. The third-order valence-electron chi connectivity index (χ3n) is 2.25. The average Bonchev–Trinajstić information content (AvgIpc) is 2.50. The standard InChI is InChI=1S/C12H10ClN3O6/c1-8(17)11(18)12(19)22-7-6-14-15(13)9-2-4-10(5-3-9)16(20)21/h2-6H,7H2,1H3/b14-6-. The van der Waals surface area contributed by atoms with Gasteiger partial charge in [0, 0.05) is 30.8 Å². The fourth-order valence-corrected chi connectivity index (χ4v) is 1.37. The molecule has 1 aromatic rings. The van der Waals surface area contributed by atoms with Crippen LogP contribution in [-0.2, 0) is 19.1 Å². The van der Waals surface area contributed by atoms with Gasteiger partial charge in [-0.05, 0) is 12.1 Å². The van der Waals surface area contributed by atoms with Crippen LogP contribution in [0.1, 0.15) is 6.92 Å². The molecule has 0 saturated heterocycles. The number of Topliss-reactive ketones (excluding diaryl/α,β-unsaturated/α-hetero) is 2. The van der Waals surface area contributed by atoms with Crippen LogP contribution in [0.2, 0.25) is 0 Å². The quantitative estimate of drug-likeness (QED) is 0.140. The van der Waals surface area contributed by atoms with E-state index in [4.69, 9.17) is 11.8 Å². The van der Waals surface area contributed by atoms with Gasteiger partial charge < -0.3 is 4.74 Å². The minimum atomic E-state index is -1.28. The van der Waals surface area contributed by atoms with Gasteiger partial charge in [0.05, 0.1) is 16.8 Å². The number of esters is 1.